The summed E-state index contributed by atoms with van der Waals surface area (Å²) in [4.78, 5) is 35.8. The van der Waals surface area contributed by atoms with E-state index < -0.39 is 40.6 Å². The first-order valence-corrected chi connectivity index (χ1v) is 8.08. The maximum atomic E-state index is 11.0. The zero-order valence-electron chi connectivity index (χ0n) is 10.8. The normalized spacial score (nSPS) is 18.1. The van der Waals surface area contributed by atoms with Crippen molar-refractivity contribution in [1.29, 1.82) is 5.41 Å². The molecule has 16 heteroatoms. The monoisotopic (exact) mass is 369 g/mol. The summed E-state index contributed by atoms with van der Waals surface area (Å²) in [6, 6.07) is 0. The quantitative estimate of drug-likeness (QED) is 0.0864. The second-order valence-corrected chi connectivity index (χ2v) is 6.23. The minimum absolute atomic E-state index is 0.213. The summed E-state index contributed by atoms with van der Waals surface area (Å²) >= 11 is 0. The van der Waals surface area contributed by atoms with Gasteiger partial charge in [-0.1, -0.05) is 0 Å². The highest BCUT2D eigenvalue weighted by atomic mass is 31.3. The Hall–Kier alpha value is -0.920. The number of guanidine groups is 1. The molecule has 0 rings (SSSR count). The molecule has 0 aliphatic heterocycles. The van der Waals surface area contributed by atoms with Gasteiger partial charge in [-0.25, -0.2) is 9.13 Å². The average Bonchev–Trinajstić information content (AvgIpc) is 2.30. The lowest BCUT2D eigenvalue weighted by atomic mass is 10.1. The number of phosphoric ester groups is 1. The Labute approximate surface area is 123 Å². The molecule has 0 radical (unpaired) electrons. The minimum atomic E-state index is -5.36. The SMILES string of the molecule is N=C(N)N.O=C[C@H](OP(=O)(O)OP(=O)(O)O)[C@H](O)[C@H](O)CO. The van der Waals surface area contributed by atoms with Crippen LogP contribution in [0.3, 0.4) is 0 Å². The summed E-state index contributed by atoms with van der Waals surface area (Å²) < 4.78 is 28.6. The molecule has 0 aromatic carbocycles. The molecule has 0 saturated carbocycles. The summed E-state index contributed by atoms with van der Waals surface area (Å²) in [7, 11) is -10.7. The van der Waals surface area contributed by atoms with Crippen molar-refractivity contribution in [2.45, 2.75) is 18.3 Å². The number of carbonyl (C=O) groups is 1. The lowest BCUT2D eigenvalue weighted by Crippen LogP contribution is -2.41. The number of hydrogen-bond donors (Lipinski definition) is 9. The second-order valence-electron chi connectivity index (χ2n) is 3.44. The van der Waals surface area contributed by atoms with Gasteiger partial charge in [-0.15, -0.1) is 0 Å². The largest absolute Gasteiger partial charge is 0.481 e. The predicted molar refractivity (Wildman–Crippen MR) is 69.1 cm³/mol. The Morgan fingerprint density at radius 3 is 1.91 bits per heavy atom. The van der Waals surface area contributed by atoms with E-state index in [9.17, 15) is 19.0 Å². The van der Waals surface area contributed by atoms with E-state index in [-0.39, 0.29) is 12.2 Å². The van der Waals surface area contributed by atoms with E-state index in [4.69, 9.17) is 30.3 Å². The Morgan fingerprint density at radius 2 is 1.64 bits per heavy atom. The highest BCUT2D eigenvalue weighted by molar-refractivity contribution is 7.60. The van der Waals surface area contributed by atoms with Gasteiger partial charge in [0.25, 0.3) is 0 Å². The van der Waals surface area contributed by atoms with E-state index in [0.29, 0.717) is 0 Å². The molecule has 0 aliphatic carbocycles. The van der Waals surface area contributed by atoms with Crippen LogP contribution in [0, 0.1) is 5.41 Å². The van der Waals surface area contributed by atoms with Gasteiger partial charge in [0.15, 0.2) is 18.3 Å². The van der Waals surface area contributed by atoms with E-state index in [1.807, 2.05) is 0 Å². The van der Waals surface area contributed by atoms with E-state index in [1.165, 1.54) is 0 Å². The third-order valence-electron chi connectivity index (χ3n) is 1.52. The lowest BCUT2D eigenvalue weighted by Gasteiger charge is -2.23. The fraction of sp³-hybridized carbons (Fsp3) is 0.667. The molecular formula is C6H17N3O11P2. The standard InChI is InChI=1S/C5H12O11P2.CH5N3/c6-1-3(8)5(9)4(2-7)15-18(13,14)16-17(10,11)12;2-1(3)4/h2-6,8-9H,1H2,(H,13,14)(H2,10,11,12);(H5,2,3,4)/t3-,4+,5-;/m1./s1. The van der Waals surface area contributed by atoms with Gasteiger partial charge in [-0.2, -0.15) is 4.31 Å². The van der Waals surface area contributed by atoms with Gasteiger partial charge in [0.2, 0.25) is 0 Å². The van der Waals surface area contributed by atoms with Crippen LogP contribution >= 0.6 is 15.6 Å². The Balaban J connectivity index is 0. The van der Waals surface area contributed by atoms with E-state index in [2.05, 4.69) is 20.3 Å². The first kappa shape index (κ1) is 23.3. The van der Waals surface area contributed by atoms with Crippen molar-refractivity contribution in [3.05, 3.63) is 0 Å². The molecule has 0 saturated heterocycles. The van der Waals surface area contributed by atoms with Crippen molar-refractivity contribution in [2.75, 3.05) is 6.61 Å². The molecule has 11 N–H and O–H groups in total. The van der Waals surface area contributed by atoms with Crippen molar-refractivity contribution in [3.8, 4) is 0 Å². The number of rotatable bonds is 8. The van der Waals surface area contributed by atoms with Crippen LogP contribution in [0.2, 0.25) is 0 Å². The van der Waals surface area contributed by atoms with Gasteiger partial charge >= 0.3 is 15.6 Å². The molecule has 22 heavy (non-hydrogen) atoms. The van der Waals surface area contributed by atoms with Crippen LogP contribution in [0.4, 0.5) is 0 Å². The number of aldehydes is 1. The smallest absolute Gasteiger partial charge is 0.394 e. The minimum Gasteiger partial charge on any atom is -0.394 e. The summed E-state index contributed by atoms with van der Waals surface area (Å²) in [5, 5.41) is 32.7. The fourth-order valence-electron chi connectivity index (χ4n) is 0.802. The zero-order chi connectivity index (χ0) is 18.1. The van der Waals surface area contributed by atoms with E-state index in [1.54, 1.807) is 0 Å². The van der Waals surface area contributed by atoms with Crippen LogP contribution in [0.15, 0.2) is 0 Å². The molecule has 14 nitrogen and oxygen atoms in total. The van der Waals surface area contributed by atoms with Gasteiger partial charge in [-0.05, 0) is 0 Å². The number of aliphatic hydroxyl groups excluding tert-OH is 3. The molecule has 132 valence electrons. The third-order valence-corrected chi connectivity index (χ3v) is 3.70. The molecule has 0 bridgehead atoms. The maximum Gasteiger partial charge on any atom is 0.481 e. The molecule has 4 atom stereocenters. The molecule has 0 amide bonds. The van der Waals surface area contributed by atoms with Gasteiger partial charge in [-0.3, -0.25) is 9.93 Å². The van der Waals surface area contributed by atoms with Crippen molar-refractivity contribution in [1.82, 2.24) is 0 Å². The maximum absolute atomic E-state index is 11.0. The average molecular weight is 369 g/mol. The number of phosphoric acid groups is 2. The molecule has 0 aromatic heterocycles. The van der Waals surface area contributed by atoms with Crippen LogP contribution in [0.25, 0.3) is 0 Å². The summed E-state index contributed by atoms with van der Waals surface area (Å²) in [5.41, 5.74) is 8.94. The van der Waals surface area contributed by atoms with Crippen LogP contribution in [-0.4, -0.2) is 67.2 Å². The molecule has 0 aromatic rings. The zero-order valence-corrected chi connectivity index (χ0v) is 12.6. The molecule has 0 aliphatic rings. The topological polar surface area (TPSA) is 267 Å². The first-order valence-electron chi connectivity index (χ1n) is 5.05. The van der Waals surface area contributed by atoms with Gasteiger partial charge in [0.05, 0.1) is 6.61 Å². The van der Waals surface area contributed by atoms with Crippen LogP contribution in [-0.2, 0) is 22.8 Å². The molecule has 0 spiro atoms. The Kier molecular flexibility index (Phi) is 10.6. The van der Waals surface area contributed by atoms with Crippen molar-refractivity contribution >= 4 is 27.9 Å². The van der Waals surface area contributed by atoms with Crippen molar-refractivity contribution in [3.63, 3.8) is 0 Å². The van der Waals surface area contributed by atoms with Crippen LogP contribution < -0.4 is 11.5 Å². The van der Waals surface area contributed by atoms with E-state index in [0.717, 1.165) is 0 Å². The number of nitrogens with two attached hydrogens (primary N) is 2. The van der Waals surface area contributed by atoms with Crippen molar-refractivity contribution in [2.24, 2.45) is 11.5 Å². The second kappa shape index (κ2) is 9.97. The highest BCUT2D eigenvalue weighted by Crippen LogP contribution is 2.58. The highest BCUT2D eigenvalue weighted by Gasteiger charge is 2.38. The van der Waals surface area contributed by atoms with Crippen LogP contribution in [0.5, 0.6) is 0 Å². The van der Waals surface area contributed by atoms with Crippen molar-refractivity contribution < 1.29 is 52.8 Å². The van der Waals surface area contributed by atoms with Gasteiger partial charge in [0.1, 0.15) is 12.2 Å². The Morgan fingerprint density at radius 1 is 1.23 bits per heavy atom. The van der Waals surface area contributed by atoms with E-state index >= 15 is 0 Å². The number of carbonyl (C=O) groups excluding carboxylic acids is 1. The Bertz CT molecular complexity index is 449. The number of nitrogens with one attached hydrogen (secondary N) is 1. The van der Waals surface area contributed by atoms with Gasteiger partial charge < -0.3 is 46.3 Å². The predicted octanol–water partition coefficient (Wildman–Crippen LogP) is -3.67. The van der Waals surface area contributed by atoms with Gasteiger partial charge in [0, 0.05) is 0 Å². The number of hydrogen-bond acceptors (Lipinski definition) is 9. The summed E-state index contributed by atoms with van der Waals surface area (Å²) in [6.07, 6.45) is -6.30. The third kappa shape index (κ3) is 12.8. The fourth-order valence-corrected chi connectivity index (χ4v) is 2.51. The lowest BCUT2D eigenvalue weighted by molar-refractivity contribution is -0.126. The first-order chi connectivity index (χ1) is 9.75. The molecule has 0 fully saturated rings. The molecular weight excluding hydrogens is 352 g/mol. The molecule has 1 unspecified atom stereocenters. The summed E-state index contributed by atoms with van der Waals surface area (Å²) in [5.74, 6) is -0.333. The van der Waals surface area contributed by atoms with Crippen LogP contribution in [0.1, 0.15) is 0 Å². The number of aliphatic hydroxyl groups is 3. The molecule has 0 heterocycles. The summed E-state index contributed by atoms with van der Waals surface area (Å²) in [6.45, 7) is -0.982.